The van der Waals surface area contributed by atoms with E-state index in [0.29, 0.717) is 6.42 Å². The molecule has 9 nitrogen and oxygen atoms in total. The highest BCUT2D eigenvalue weighted by molar-refractivity contribution is 7.47. The van der Waals surface area contributed by atoms with Gasteiger partial charge in [0.15, 0.2) is 6.10 Å². The molecule has 10 heteroatoms. The summed E-state index contributed by atoms with van der Waals surface area (Å²) in [6.45, 7) is 3.63. The molecule has 0 aliphatic rings. The van der Waals surface area contributed by atoms with E-state index in [-0.39, 0.29) is 38.6 Å². The SMILES string of the molecule is CC/C=C\C/C=C\C/C=C\C/C=C\C/C=C\C/C=C\C/C=C\C/C=C\C/C=C\CCCCCCCCCCCCCC(=O)OC(COC(=O)CCCCCCCCCCCCCCCC/C=C\C/C=C\C/C=C\CCCCCCC)COP(=O)(O)OCCN. The Hall–Kier alpha value is -4.11. The Morgan fingerprint density at radius 1 is 0.348 bits per heavy atom. The van der Waals surface area contributed by atoms with E-state index in [0.717, 1.165) is 116 Å². The molecule has 0 saturated heterocycles. The molecule has 0 fully saturated rings. The van der Waals surface area contributed by atoms with Crippen LogP contribution in [0.3, 0.4) is 0 Å². The zero-order valence-corrected chi connectivity index (χ0v) is 58.0. The average molecular weight is 1260 g/mol. The number of phosphoric acid groups is 1. The van der Waals surface area contributed by atoms with Crippen LogP contribution in [0.1, 0.15) is 309 Å². The molecule has 0 heterocycles. The van der Waals surface area contributed by atoms with E-state index in [9.17, 15) is 19.0 Å². The lowest BCUT2D eigenvalue weighted by atomic mass is 10.0. The van der Waals surface area contributed by atoms with Crippen molar-refractivity contribution in [2.45, 2.75) is 315 Å². The van der Waals surface area contributed by atoms with E-state index < -0.39 is 26.5 Å². The lowest BCUT2D eigenvalue weighted by Crippen LogP contribution is -2.29. The van der Waals surface area contributed by atoms with Gasteiger partial charge in [-0.25, -0.2) is 4.57 Å². The van der Waals surface area contributed by atoms with Gasteiger partial charge in [-0.15, -0.1) is 0 Å². The fourth-order valence-electron chi connectivity index (χ4n) is 9.87. The zero-order chi connectivity index (χ0) is 64.4. The third kappa shape index (κ3) is 72.8. The van der Waals surface area contributed by atoms with Gasteiger partial charge < -0.3 is 20.1 Å². The summed E-state index contributed by atoms with van der Waals surface area (Å²) in [6, 6.07) is 0. The number of carbonyl (C=O) groups is 2. The van der Waals surface area contributed by atoms with Gasteiger partial charge in [0.25, 0.3) is 0 Å². The summed E-state index contributed by atoms with van der Waals surface area (Å²) >= 11 is 0. The van der Waals surface area contributed by atoms with E-state index in [4.69, 9.17) is 24.3 Å². The Bertz CT molecular complexity index is 1970. The molecule has 0 radical (unpaired) electrons. The highest BCUT2D eigenvalue weighted by Gasteiger charge is 2.26. The molecule has 0 aromatic rings. The van der Waals surface area contributed by atoms with Crippen molar-refractivity contribution in [3.8, 4) is 0 Å². The lowest BCUT2D eigenvalue weighted by molar-refractivity contribution is -0.161. The molecule has 0 aromatic carbocycles. The maximum Gasteiger partial charge on any atom is 0.472 e. The summed E-state index contributed by atoms with van der Waals surface area (Å²) in [6.07, 6.45) is 105. The second kappa shape index (κ2) is 72.9. The number of ether oxygens (including phenoxy) is 2. The summed E-state index contributed by atoms with van der Waals surface area (Å²) in [7, 11) is -4.40. The number of phosphoric ester groups is 1. The summed E-state index contributed by atoms with van der Waals surface area (Å²) in [5, 5.41) is 0. The van der Waals surface area contributed by atoms with Gasteiger partial charge in [-0.05, 0) is 122 Å². The second-order valence-electron chi connectivity index (χ2n) is 23.7. The van der Waals surface area contributed by atoms with Crippen LogP contribution in [0.4, 0.5) is 0 Å². The van der Waals surface area contributed by atoms with Crippen LogP contribution in [0, 0.1) is 0 Å². The number of unbranched alkanes of at least 4 members (excludes halogenated alkanes) is 30. The zero-order valence-electron chi connectivity index (χ0n) is 57.1. The first kappa shape index (κ1) is 84.9. The van der Waals surface area contributed by atoms with Crippen molar-refractivity contribution in [2.24, 2.45) is 5.73 Å². The van der Waals surface area contributed by atoms with Crippen molar-refractivity contribution in [3.05, 3.63) is 146 Å². The summed E-state index contributed by atoms with van der Waals surface area (Å²) in [4.78, 5) is 35.4. The van der Waals surface area contributed by atoms with Crippen LogP contribution in [0.25, 0.3) is 0 Å². The quantitative estimate of drug-likeness (QED) is 0.0264. The molecule has 0 amide bonds. The van der Waals surface area contributed by atoms with Gasteiger partial charge in [0.2, 0.25) is 0 Å². The van der Waals surface area contributed by atoms with Gasteiger partial charge in [0.05, 0.1) is 13.2 Å². The number of allylic oxidation sites excluding steroid dienone is 24. The highest BCUT2D eigenvalue weighted by atomic mass is 31.2. The van der Waals surface area contributed by atoms with Gasteiger partial charge in [-0.1, -0.05) is 320 Å². The molecule has 0 rings (SSSR count). The van der Waals surface area contributed by atoms with E-state index in [1.165, 1.54) is 161 Å². The summed E-state index contributed by atoms with van der Waals surface area (Å²) in [5.41, 5.74) is 5.40. The predicted molar refractivity (Wildman–Crippen MR) is 385 cm³/mol. The molecule has 0 aromatic heterocycles. The first-order chi connectivity index (χ1) is 43.8. The molecule has 0 bridgehead atoms. The summed E-state index contributed by atoms with van der Waals surface area (Å²) in [5.74, 6) is -0.831. The minimum Gasteiger partial charge on any atom is -0.462 e. The van der Waals surface area contributed by atoms with Crippen LogP contribution in [0.15, 0.2) is 146 Å². The van der Waals surface area contributed by atoms with Crippen molar-refractivity contribution < 1.29 is 37.6 Å². The second-order valence-corrected chi connectivity index (χ2v) is 25.2. The Labute approximate surface area is 547 Å². The number of carbonyl (C=O) groups excluding carboxylic acids is 2. The van der Waals surface area contributed by atoms with E-state index in [2.05, 4.69) is 160 Å². The fraction of sp³-hybridized carbons (Fsp3) is 0.671. The fourth-order valence-corrected chi connectivity index (χ4v) is 10.6. The number of hydrogen-bond acceptors (Lipinski definition) is 8. The molecular weight excluding hydrogens is 1120 g/mol. The van der Waals surface area contributed by atoms with Crippen molar-refractivity contribution in [3.63, 3.8) is 0 Å². The largest absolute Gasteiger partial charge is 0.472 e. The Morgan fingerprint density at radius 3 is 0.921 bits per heavy atom. The van der Waals surface area contributed by atoms with Crippen LogP contribution in [-0.4, -0.2) is 49.3 Å². The molecule has 0 saturated carbocycles. The van der Waals surface area contributed by atoms with Crippen molar-refractivity contribution >= 4 is 19.8 Å². The van der Waals surface area contributed by atoms with Crippen molar-refractivity contribution in [2.75, 3.05) is 26.4 Å². The molecule has 89 heavy (non-hydrogen) atoms. The van der Waals surface area contributed by atoms with Crippen LogP contribution in [0.2, 0.25) is 0 Å². The number of rotatable bonds is 67. The maximum absolute atomic E-state index is 12.8. The van der Waals surface area contributed by atoms with E-state index in [1.807, 2.05) is 0 Å². The third-order valence-electron chi connectivity index (χ3n) is 15.2. The number of esters is 2. The Kier molecular flexibility index (Phi) is 69.6. The smallest absolute Gasteiger partial charge is 0.462 e. The maximum atomic E-state index is 12.8. The minimum absolute atomic E-state index is 0.0473. The predicted octanol–water partition coefficient (Wildman–Crippen LogP) is 24.2. The highest BCUT2D eigenvalue weighted by Crippen LogP contribution is 2.43. The van der Waals surface area contributed by atoms with Crippen molar-refractivity contribution in [1.82, 2.24) is 0 Å². The minimum atomic E-state index is -4.40. The average Bonchev–Trinajstić information content (AvgIpc) is 3.68. The van der Waals surface area contributed by atoms with Gasteiger partial charge in [0, 0.05) is 19.4 Å². The van der Waals surface area contributed by atoms with Gasteiger partial charge in [0.1, 0.15) is 6.61 Å². The van der Waals surface area contributed by atoms with Crippen molar-refractivity contribution in [1.29, 1.82) is 0 Å². The number of hydrogen-bond donors (Lipinski definition) is 2. The van der Waals surface area contributed by atoms with Gasteiger partial charge in [-0.2, -0.15) is 0 Å². The molecular formula is C79H134NO8P. The van der Waals surface area contributed by atoms with Crippen LogP contribution < -0.4 is 5.73 Å². The van der Waals surface area contributed by atoms with Crippen LogP contribution in [0.5, 0.6) is 0 Å². The van der Waals surface area contributed by atoms with Crippen LogP contribution >= 0.6 is 7.82 Å². The Morgan fingerprint density at radius 2 is 0.618 bits per heavy atom. The molecule has 0 spiro atoms. The number of nitrogens with two attached hydrogens (primary N) is 1. The molecule has 3 N–H and O–H groups in total. The van der Waals surface area contributed by atoms with Gasteiger partial charge >= 0.3 is 19.8 Å². The first-order valence-corrected chi connectivity index (χ1v) is 37.8. The molecule has 2 unspecified atom stereocenters. The molecule has 2 atom stereocenters. The first-order valence-electron chi connectivity index (χ1n) is 36.3. The van der Waals surface area contributed by atoms with E-state index in [1.54, 1.807) is 0 Å². The third-order valence-corrected chi connectivity index (χ3v) is 16.2. The van der Waals surface area contributed by atoms with E-state index >= 15 is 0 Å². The lowest BCUT2D eigenvalue weighted by Gasteiger charge is -2.19. The normalized spacial score (nSPS) is 13.8. The molecule has 0 aliphatic carbocycles. The van der Waals surface area contributed by atoms with Gasteiger partial charge in [-0.3, -0.25) is 18.6 Å². The standard InChI is InChI=1S/C79H134NO8P/c1-3-5-7-9-11-13-15-17-19-21-23-25-27-29-31-33-34-35-36-37-38-39-40-41-42-44-46-48-50-52-54-56-58-60-62-64-66-68-70-72-79(82)88-77(76-87-89(83,84)86-74-73-80)75-85-78(81)71-69-67-65-63-61-59-57-55-53-51-49-47-45-43-32-30-28-26-24-22-20-18-16-14-12-10-8-6-4-2/h5,7,11,13,16-19,22-25,28-31,34-35,37-38,40-41,44,46,77H,3-4,6,8-10,12,14-15,20-21,26-27,32-33,36,39,42-43,45,47-76,80H2,1-2H3,(H,83,84)/b7-5-,13-11-,18-16-,19-17-,24-22-,25-23-,30-28-,31-29-,35-34-,38-37-,41-40-,46-44-. The monoisotopic (exact) mass is 1260 g/mol. The molecule has 508 valence electrons. The Balaban J connectivity index is 3.92. The topological polar surface area (TPSA) is 134 Å². The molecule has 0 aliphatic heterocycles. The summed E-state index contributed by atoms with van der Waals surface area (Å²) < 4.78 is 33.2. The van der Waals surface area contributed by atoms with Crippen LogP contribution in [-0.2, 0) is 32.7 Å².